The minimum atomic E-state index is -4.43. The number of carbonyl (C=O) groups is 1. The normalized spacial score (nSPS) is 11.6. The molecule has 0 aliphatic carbocycles. The minimum absolute atomic E-state index is 0.219. The molecule has 4 nitrogen and oxygen atoms in total. The van der Waals surface area contributed by atoms with Gasteiger partial charge in [-0.15, -0.1) is 0 Å². The molecule has 0 bridgehead atoms. The Morgan fingerprint density at radius 1 is 1.14 bits per heavy atom. The van der Waals surface area contributed by atoms with E-state index < -0.39 is 17.6 Å². The summed E-state index contributed by atoms with van der Waals surface area (Å²) in [7, 11) is 0. The molecule has 22 heavy (non-hydrogen) atoms. The fourth-order valence-corrected chi connectivity index (χ4v) is 1.72. The third-order valence-electron chi connectivity index (χ3n) is 2.80. The van der Waals surface area contributed by atoms with E-state index in [1.165, 1.54) is 18.2 Å². The van der Waals surface area contributed by atoms with Gasteiger partial charge in [0.2, 0.25) is 0 Å². The molecule has 0 unspecified atom stereocenters. The fourth-order valence-electron chi connectivity index (χ4n) is 1.72. The van der Waals surface area contributed by atoms with Crippen molar-refractivity contribution in [3.63, 3.8) is 0 Å². The maximum absolute atomic E-state index is 12.6. The summed E-state index contributed by atoms with van der Waals surface area (Å²) in [4.78, 5) is 11.8. The van der Waals surface area contributed by atoms with Gasteiger partial charge in [-0.05, 0) is 29.8 Å². The summed E-state index contributed by atoms with van der Waals surface area (Å²) in [5.41, 5.74) is 7.81. The first-order valence-electron chi connectivity index (χ1n) is 6.23. The number of halogens is 3. The summed E-state index contributed by atoms with van der Waals surface area (Å²) in [5.74, 6) is -0.540. The van der Waals surface area contributed by atoms with Gasteiger partial charge in [0, 0.05) is 5.69 Å². The summed E-state index contributed by atoms with van der Waals surface area (Å²) in [6, 6.07) is 11.0. The molecule has 0 saturated carbocycles. The van der Waals surface area contributed by atoms with Gasteiger partial charge in [0.1, 0.15) is 0 Å². The minimum Gasteiger partial charge on any atom is -0.398 e. The number of anilines is 1. The number of nitrogens with zero attached hydrogens (tertiary/aromatic N) is 1. The molecule has 2 aromatic carbocycles. The first-order valence-corrected chi connectivity index (χ1v) is 6.23. The summed E-state index contributed by atoms with van der Waals surface area (Å²) in [6.07, 6.45) is -3.29. The molecule has 0 atom stereocenters. The van der Waals surface area contributed by atoms with Gasteiger partial charge >= 0.3 is 6.18 Å². The number of hydrazone groups is 1. The Kier molecular flexibility index (Phi) is 4.45. The van der Waals surface area contributed by atoms with Crippen molar-refractivity contribution in [3.8, 4) is 0 Å². The maximum atomic E-state index is 12.6. The zero-order valence-corrected chi connectivity index (χ0v) is 11.3. The Labute approximate surface area is 124 Å². The van der Waals surface area contributed by atoms with Gasteiger partial charge in [-0.2, -0.15) is 18.3 Å². The molecule has 0 heterocycles. The quantitative estimate of drug-likeness (QED) is 0.520. The second kappa shape index (κ2) is 6.30. The molecule has 0 saturated heterocycles. The fraction of sp³-hybridized carbons (Fsp3) is 0.0667. The molecule has 3 N–H and O–H groups in total. The van der Waals surface area contributed by atoms with Gasteiger partial charge in [0.25, 0.3) is 5.91 Å². The highest BCUT2D eigenvalue weighted by Gasteiger charge is 2.30. The van der Waals surface area contributed by atoms with Gasteiger partial charge in [-0.25, -0.2) is 5.43 Å². The topological polar surface area (TPSA) is 67.5 Å². The van der Waals surface area contributed by atoms with Crippen LogP contribution < -0.4 is 11.2 Å². The second-order valence-corrected chi connectivity index (χ2v) is 4.41. The average Bonchev–Trinajstić information content (AvgIpc) is 2.47. The summed E-state index contributed by atoms with van der Waals surface area (Å²) >= 11 is 0. The van der Waals surface area contributed by atoms with E-state index in [0.717, 1.165) is 18.3 Å². The summed E-state index contributed by atoms with van der Waals surface area (Å²) in [6.45, 7) is 0. The molecule has 0 aliphatic heterocycles. The van der Waals surface area contributed by atoms with E-state index in [1.54, 1.807) is 18.2 Å². The van der Waals surface area contributed by atoms with Crippen molar-refractivity contribution >= 4 is 17.8 Å². The maximum Gasteiger partial charge on any atom is 0.416 e. The SMILES string of the molecule is Nc1ccccc1C(=O)N/N=C\c1cccc(C(F)(F)F)c1. The predicted octanol–water partition coefficient (Wildman–Crippen LogP) is 3.05. The molecule has 1 amide bonds. The standard InChI is InChI=1S/C15H12F3N3O/c16-15(17,18)11-5-3-4-10(8-11)9-20-21-14(22)12-6-1-2-7-13(12)19/h1-9H,19H2,(H,21,22)/b20-9-. The van der Waals surface area contributed by atoms with Crippen LogP contribution in [0.5, 0.6) is 0 Å². The van der Waals surface area contributed by atoms with E-state index in [-0.39, 0.29) is 16.8 Å². The van der Waals surface area contributed by atoms with Crippen molar-refractivity contribution < 1.29 is 18.0 Å². The van der Waals surface area contributed by atoms with Crippen LogP contribution in [-0.4, -0.2) is 12.1 Å². The molecule has 114 valence electrons. The first-order chi connectivity index (χ1) is 10.4. The third kappa shape index (κ3) is 3.85. The highest BCUT2D eigenvalue weighted by Crippen LogP contribution is 2.29. The predicted molar refractivity (Wildman–Crippen MR) is 77.4 cm³/mol. The van der Waals surface area contributed by atoms with Crippen molar-refractivity contribution in [1.29, 1.82) is 0 Å². The number of benzene rings is 2. The lowest BCUT2D eigenvalue weighted by Gasteiger charge is -2.06. The Morgan fingerprint density at radius 3 is 2.55 bits per heavy atom. The van der Waals surface area contributed by atoms with Gasteiger partial charge in [0.15, 0.2) is 0 Å². The van der Waals surface area contributed by atoms with E-state index in [4.69, 9.17) is 5.73 Å². The molecule has 2 aromatic rings. The van der Waals surface area contributed by atoms with Crippen LogP contribution >= 0.6 is 0 Å². The number of nitrogens with one attached hydrogen (secondary N) is 1. The lowest BCUT2D eigenvalue weighted by Crippen LogP contribution is -2.19. The van der Waals surface area contributed by atoms with E-state index in [0.29, 0.717) is 0 Å². The monoisotopic (exact) mass is 307 g/mol. The Balaban J connectivity index is 2.07. The van der Waals surface area contributed by atoms with Crippen LogP contribution in [0.15, 0.2) is 53.6 Å². The van der Waals surface area contributed by atoms with Crippen LogP contribution in [0.25, 0.3) is 0 Å². The Morgan fingerprint density at radius 2 is 1.86 bits per heavy atom. The highest BCUT2D eigenvalue weighted by atomic mass is 19.4. The number of hydrogen-bond acceptors (Lipinski definition) is 3. The lowest BCUT2D eigenvalue weighted by atomic mass is 10.1. The second-order valence-electron chi connectivity index (χ2n) is 4.41. The van der Waals surface area contributed by atoms with Crippen LogP contribution in [0.1, 0.15) is 21.5 Å². The smallest absolute Gasteiger partial charge is 0.398 e. The number of carbonyl (C=O) groups excluding carboxylic acids is 1. The van der Waals surface area contributed by atoms with Crippen LogP contribution in [-0.2, 0) is 6.18 Å². The molecule has 0 aliphatic rings. The highest BCUT2D eigenvalue weighted by molar-refractivity contribution is 5.99. The molecule has 0 fully saturated rings. The molecule has 0 aromatic heterocycles. The number of amides is 1. The van der Waals surface area contributed by atoms with Crippen LogP contribution in [0, 0.1) is 0 Å². The molecular weight excluding hydrogens is 295 g/mol. The third-order valence-corrected chi connectivity index (χ3v) is 2.80. The number of rotatable bonds is 3. The van der Waals surface area contributed by atoms with E-state index in [1.807, 2.05) is 0 Å². The van der Waals surface area contributed by atoms with Crippen molar-refractivity contribution in [2.24, 2.45) is 5.10 Å². The van der Waals surface area contributed by atoms with Gasteiger partial charge in [0.05, 0.1) is 17.3 Å². The zero-order chi connectivity index (χ0) is 16.2. The van der Waals surface area contributed by atoms with Crippen LogP contribution in [0.2, 0.25) is 0 Å². The summed E-state index contributed by atoms with van der Waals surface area (Å²) < 4.78 is 37.7. The number of alkyl halides is 3. The van der Waals surface area contributed by atoms with E-state index in [9.17, 15) is 18.0 Å². The van der Waals surface area contributed by atoms with Crippen LogP contribution in [0.4, 0.5) is 18.9 Å². The van der Waals surface area contributed by atoms with Gasteiger partial charge in [-0.1, -0.05) is 24.3 Å². The van der Waals surface area contributed by atoms with Crippen molar-refractivity contribution in [2.75, 3.05) is 5.73 Å². The van der Waals surface area contributed by atoms with E-state index in [2.05, 4.69) is 10.5 Å². The Bertz CT molecular complexity index is 711. The van der Waals surface area contributed by atoms with Gasteiger partial charge < -0.3 is 5.73 Å². The average molecular weight is 307 g/mol. The number of nitrogen functional groups attached to an aromatic ring is 1. The largest absolute Gasteiger partial charge is 0.416 e. The van der Waals surface area contributed by atoms with Crippen molar-refractivity contribution in [2.45, 2.75) is 6.18 Å². The van der Waals surface area contributed by atoms with Crippen molar-refractivity contribution in [3.05, 3.63) is 65.2 Å². The van der Waals surface area contributed by atoms with E-state index >= 15 is 0 Å². The van der Waals surface area contributed by atoms with Crippen molar-refractivity contribution in [1.82, 2.24) is 5.43 Å². The zero-order valence-electron chi connectivity index (χ0n) is 11.3. The number of nitrogens with two attached hydrogens (primary N) is 1. The first kappa shape index (κ1) is 15.6. The molecule has 7 heteroatoms. The van der Waals surface area contributed by atoms with Gasteiger partial charge in [-0.3, -0.25) is 4.79 Å². The van der Waals surface area contributed by atoms with Crippen LogP contribution in [0.3, 0.4) is 0 Å². The molecular formula is C15H12F3N3O. The molecule has 2 rings (SSSR count). The number of para-hydroxylation sites is 1. The molecule has 0 spiro atoms. The Hall–Kier alpha value is -2.83. The number of hydrogen-bond donors (Lipinski definition) is 2. The summed E-state index contributed by atoms with van der Waals surface area (Å²) in [5, 5.41) is 3.63. The lowest BCUT2D eigenvalue weighted by molar-refractivity contribution is -0.137. The molecule has 0 radical (unpaired) electrons.